The molecule has 1 saturated heterocycles. The minimum absolute atomic E-state index is 0.213. The Morgan fingerprint density at radius 1 is 1.06 bits per heavy atom. The number of aryl methyl sites for hydroxylation is 1. The highest BCUT2D eigenvalue weighted by Crippen LogP contribution is 2.38. The van der Waals surface area contributed by atoms with Gasteiger partial charge in [0.15, 0.2) is 11.5 Å². The minimum Gasteiger partial charge on any atom is -0.493 e. The third kappa shape index (κ3) is 5.23. The van der Waals surface area contributed by atoms with Crippen LogP contribution in [0.15, 0.2) is 70.7 Å². The fourth-order valence-corrected chi connectivity index (χ4v) is 4.09. The average Bonchev–Trinajstić information content (AvgIpc) is 2.83. The third-order valence-corrected chi connectivity index (χ3v) is 6.13. The average molecular weight is 556 g/mol. The molecular formula is C26H20BrClN2O5. The number of methoxy groups -OCH3 is 1. The number of amides is 4. The Balaban J connectivity index is 1.64. The highest BCUT2D eigenvalue weighted by molar-refractivity contribution is 9.10. The van der Waals surface area contributed by atoms with E-state index in [1.807, 2.05) is 24.3 Å². The van der Waals surface area contributed by atoms with Crippen molar-refractivity contribution in [2.24, 2.45) is 0 Å². The minimum atomic E-state index is -0.807. The number of nitrogens with one attached hydrogen (secondary N) is 1. The van der Waals surface area contributed by atoms with Gasteiger partial charge in [0.05, 0.1) is 17.8 Å². The molecule has 0 atom stereocenters. The molecule has 9 heteroatoms. The Morgan fingerprint density at radius 3 is 2.46 bits per heavy atom. The van der Waals surface area contributed by atoms with Crippen LogP contribution in [0.4, 0.5) is 10.5 Å². The molecule has 3 aromatic carbocycles. The number of barbiturate groups is 1. The van der Waals surface area contributed by atoms with Crippen LogP contribution in [0.2, 0.25) is 5.02 Å². The molecule has 0 unspecified atom stereocenters. The van der Waals surface area contributed by atoms with Crippen LogP contribution >= 0.6 is 27.5 Å². The lowest BCUT2D eigenvalue weighted by atomic mass is 10.1. The lowest BCUT2D eigenvalue weighted by Gasteiger charge is -2.27. The van der Waals surface area contributed by atoms with Crippen LogP contribution in [-0.2, 0) is 16.2 Å². The van der Waals surface area contributed by atoms with Gasteiger partial charge in [0, 0.05) is 4.47 Å². The molecule has 3 aromatic rings. The molecule has 35 heavy (non-hydrogen) atoms. The predicted molar refractivity (Wildman–Crippen MR) is 137 cm³/mol. The van der Waals surface area contributed by atoms with E-state index in [1.54, 1.807) is 43.3 Å². The predicted octanol–water partition coefficient (Wildman–Crippen LogP) is 5.66. The zero-order chi connectivity index (χ0) is 25.1. The molecule has 4 rings (SSSR count). The van der Waals surface area contributed by atoms with Crippen molar-refractivity contribution >= 4 is 57.1 Å². The molecule has 0 aliphatic carbocycles. The molecular weight excluding hydrogens is 536 g/mol. The molecule has 1 aliphatic heterocycles. The first-order chi connectivity index (χ1) is 16.8. The van der Waals surface area contributed by atoms with E-state index in [1.165, 1.54) is 13.2 Å². The Bertz CT molecular complexity index is 1350. The molecule has 0 bridgehead atoms. The number of nitrogens with zero attached hydrogens (tertiary/aromatic N) is 1. The highest BCUT2D eigenvalue weighted by atomic mass is 79.9. The second-order valence-electron chi connectivity index (χ2n) is 7.69. The van der Waals surface area contributed by atoms with Gasteiger partial charge in [0.25, 0.3) is 11.8 Å². The maximum absolute atomic E-state index is 13.2. The van der Waals surface area contributed by atoms with Gasteiger partial charge in [-0.1, -0.05) is 57.9 Å². The van der Waals surface area contributed by atoms with Crippen LogP contribution in [0.5, 0.6) is 11.5 Å². The van der Waals surface area contributed by atoms with Gasteiger partial charge in [-0.3, -0.25) is 14.9 Å². The van der Waals surface area contributed by atoms with E-state index >= 15 is 0 Å². The number of carbonyl (C=O) groups excluding carboxylic acids is 3. The van der Waals surface area contributed by atoms with Gasteiger partial charge in [0.1, 0.15) is 12.2 Å². The van der Waals surface area contributed by atoms with E-state index in [-0.39, 0.29) is 17.2 Å². The molecule has 0 radical (unpaired) electrons. The zero-order valence-corrected chi connectivity index (χ0v) is 21.1. The maximum atomic E-state index is 13.2. The Hall–Kier alpha value is -3.62. The number of hydrogen-bond acceptors (Lipinski definition) is 5. The fraction of sp³-hybridized carbons (Fsp3) is 0.115. The molecule has 7 nitrogen and oxygen atoms in total. The van der Waals surface area contributed by atoms with Crippen LogP contribution < -0.4 is 19.7 Å². The Kier molecular flexibility index (Phi) is 7.23. The van der Waals surface area contributed by atoms with E-state index in [2.05, 4.69) is 21.2 Å². The monoisotopic (exact) mass is 554 g/mol. The van der Waals surface area contributed by atoms with Crippen LogP contribution in [-0.4, -0.2) is 25.0 Å². The lowest BCUT2D eigenvalue weighted by molar-refractivity contribution is -0.122. The maximum Gasteiger partial charge on any atom is 0.335 e. The molecule has 0 aromatic heterocycles. The molecule has 0 saturated carbocycles. The molecule has 1 aliphatic rings. The summed E-state index contributed by atoms with van der Waals surface area (Å²) in [4.78, 5) is 39.1. The Labute approximate surface area is 215 Å². The number of benzene rings is 3. The lowest BCUT2D eigenvalue weighted by Crippen LogP contribution is -2.54. The largest absolute Gasteiger partial charge is 0.493 e. The summed E-state index contributed by atoms with van der Waals surface area (Å²) in [5.41, 5.74) is 2.25. The van der Waals surface area contributed by atoms with Gasteiger partial charge in [-0.05, 0) is 60.0 Å². The first-order valence-electron chi connectivity index (χ1n) is 10.5. The van der Waals surface area contributed by atoms with Crippen LogP contribution in [0.25, 0.3) is 6.08 Å². The van der Waals surface area contributed by atoms with E-state index in [4.69, 9.17) is 21.1 Å². The molecule has 178 valence electrons. The van der Waals surface area contributed by atoms with Crippen molar-refractivity contribution < 1.29 is 23.9 Å². The van der Waals surface area contributed by atoms with Crippen molar-refractivity contribution in [1.29, 1.82) is 0 Å². The van der Waals surface area contributed by atoms with Crippen molar-refractivity contribution in [3.8, 4) is 11.5 Å². The summed E-state index contributed by atoms with van der Waals surface area (Å²) in [5, 5.41) is 2.46. The van der Waals surface area contributed by atoms with Gasteiger partial charge in [-0.2, -0.15) is 0 Å². The molecule has 1 heterocycles. The molecule has 1 fully saturated rings. The Morgan fingerprint density at radius 2 is 1.77 bits per heavy atom. The molecule has 4 amide bonds. The number of rotatable bonds is 6. The summed E-state index contributed by atoms with van der Waals surface area (Å²) in [6.07, 6.45) is 1.36. The van der Waals surface area contributed by atoms with Crippen molar-refractivity contribution in [3.05, 3.63) is 92.4 Å². The second kappa shape index (κ2) is 10.3. The zero-order valence-electron chi connectivity index (χ0n) is 18.8. The highest BCUT2D eigenvalue weighted by Gasteiger charge is 2.37. The number of para-hydroxylation sites is 1. The number of anilines is 1. The van der Waals surface area contributed by atoms with Gasteiger partial charge in [-0.15, -0.1) is 0 Å². The van der Waals surface area contributed by atoms with Gasteiger partial charge >= 0.3 is 6.03 Å². The number of imide groups is 2. The van der Waals surface area contributed by atoms with Crippen molar-refractivity contribution in [2.45, 2.75) is 13.5 Å². The quantitative estimate of drug-likeness (QED) is 0.313. The molecule has 0 spiro atoms. The standard InChI is InChI=1S/C26H20BrClN2O5/c1-15-5-3-4-6-21(15)30-25(32)19(24(31)29-26(30)33)11-17-12-20(28)23(22(13-17)34-2)35-14-16-7-9-18(27)10-8-16/h3-13H,14H2,1-2H3,(H,29,31,33)/b19-11+. The third-order valence-electron chi connectivity index (χ3n) is 5.32. The number of carbonyl (C=O) groups is 3. The fourth-order valence-electron chi connectivity index (χ4n) is 3.56. The summed E-state index contributed by atoms with van der Waals surface area (Å²) in [6.45, 7) is 2.03. The smallest absolute Gasteiger partial charge is 0.335 e. The normalized spacial score (nSPS) is 14.8. The van der Waals surface area contributed by atoms with Crippen LogP contribution in [0.3, 0.4) is 0 Å². The first kappa shape index (κ1) is 24.5. The van der Waals surface area contributed by atoms with Gasteiger partial charge in [-0.25, -0.2) is 9.69 Å². The van der Waals surface area contributed by atoms with E-state index < -0.39 is 17.8 Å². The first-order valence-corrected chi connectivity index (χ1v) is 11.7. The summed E-state index contributed by atoms with van der Waals surface area (Å²) < 4.78 is 12.3. The van der Waals surface area contributed by atoms with Crippen LogP contribution in [0, 0.1) is 6.92 Å². The molecule has 1 N–H and O–H groups in total. The summed E-state index contributed by atoms with van der Waals surface area (Å²) >= 11 is 9.87. The van der Waals surface area contributed by atoms with Crippen molar-refractivity contribution in [1.82, 2.24) is 5.32 Å². The topological polar surface area (TPSA) is 84.9 Å². The summed E-state index contributed by atoms with van der Waals surface area (Å²) in [6, 6.07) is 16.9. The summed E-state index contributed by atoms with van der Waals surface area (Å²) in [5.74, 6) is -0.874. The van der Waals surface area contributed by atoms with Gasteiger partial charge in [0.2, 0.25) is 0 Å². The number of urea groups is 1. The van der Waals surface area contributed by atoms with Crippen LogP contribution in [0.1, 0.15) is 16.7 Å². The number of ether oxygens (including phenoxy) is 2. The SMILES string of the molecule is COc1cc(/C=C2\C(=O)NC(=O)N(c3ccccc3C)C2=O)cc(Cl)c1OCc1ccc(Br)cc1. The number of hydrogen-bond donors (Lipinski definition) is 1. The van der Waals surface area contributed by atoms with E-state index in [0.29, 0.717) is 28.3 Å². The van der Waals surface area contributed by atoms with Crippen molar-refractivity contribution in [3.63, 3.8) is 0 Å². The summed E-state index contributed by atoms with van der Waals surface area (Å²) in [7, 11) is 1.46. The van der Waals surface area contributed by atoms with E-state index in [9.17, 15) is 14.4 Å². The number of halogens is 2. The van der Waals surface area contributed by atoms with Crippen molar-refractivity contribution in [2.75, 3.05) is 12.0 Å². The second-order valence-corrected chi connectivity index (χ2v) is 9.02. The van der Waals surface area contributed by atoms with E-state index in [0.717, 1.165) is 14.9 Å². The van der Waals surface area contributed by atoms with Gasteiger partial charge < -0.3 is 9.47 Å².